The van der Waals surface area contributed by atoms with Gasteiger partial charge in [0.2, 0.25) is 0 Å². The van der Waals surface area contributed by atoms with Crippen LogP contribution < -0.4 is 0 Å². The second-order valence-electron chi connectivity index (χ2n) is 7.20. The van der Waals surface area contributed by atoms with Gasteiger partial charge in [0, 0.05) is 30.4 Å². The van der Waals surface area contributed by atoms with Gasteiger partial charge in [-0.05, 0) is 32.6 Å². The second kappa shape index (κ2) is 6.95. The number of carbonyl (C=O) groups is 1. The number of nitrogens with zero attached hydrogens (tertiary/aromatic N) is 2. The Labute approximate surface area is 129 Å². The van der Waals surface area contributed by atoms with Gasteiger partial charge in [0.1, 0.15) is 0 Å². The van der Waals surface area contributed by atoms with Crippen LogP contribution in [-0.2, 0) is 4.79 Å². The van der Waals surface area contributed by atoms with E-state index < -0.39 is 0 Å². The van der Waals surface area contributed by atoms with Crippen LogP contribution in [0.2, 0.25) is 0 Å². The van der Waals surface area contributed by atoms with Crippen molar-refractivity contribution >= 4 is 5.78 Å². The van der Waals surface area contributed by atoms with Crippen molar-refractivity contribution in [3.63, 3.8) is 0 Å². The maximum absolute atomic E-state index is 11.9. The minimum absolute atomic E-state index is 0.260. The van der Waals surface area contributed by atoms with E-state index >= 15 is 0 Å². The molecule has 0 aromatic carbocycles. The molecule has 0 aromatic heterocycles. The van der Waals surface area contributed by atoms with Crippen molar-refractivity contribution < 1.29 is 4.79 Å². The summed E-state index contributed by atoms with van der Waals surface area (Å²) in [7, 11) is 0. The highest BCUT2D eigenvalue weighted by Gasteiger charge is 2.30. The molecule has 1 aliphatic heterocycles. The highest BCUT2D eigenvalue weighted by Crippen LogP contribution is 2.29. The summed E-state index contributed by atoms with van der Waals surface area (Å²) < 4.78 is 0. The highest BCUT2D eigenvalue weighted by atomic mass is 16.1. The Bertz CT molecular complexity index is 392. The summed E-state index contributed by atoms with van der Waals surface area (Å²) in [6, 6.07) is 1.37. The number of rotatable bonds is 3. The molecule has 21 heavy (non-hydrogen) atoms. The average Bonchev–Trinajstić information content (AvgIpc) is 2.56. The van der Waals surface area contributed by atoms with Crippen LogP contribution in [-0.4, -0.2) is 40.9 Å². The highest BCUT2D eigenvalue weighted by molar-refractivity contribution is 5.93. The minimum atomic E-state index is 0.260. The van der Waals surface area contributed by atoms with E-state index in [9.17, 15) is 4.79 Å². The van der Waals surface area contributed by atoms with Gasteiger partial charge in [-0.2, -0.15) is 0 Å². The lowest BCUT2D eigenvalue weighted by atomic mass is 9.92. The molecule has 3 heteroatoms. The van der Waals surface area contributed by atoms with Gasteiger partial charge in [-0.15, -0.1) is 0 Å². The van der Waals surface area contributed by atoms with Gasteiger partial charge in [0.05, 0.1) is 6.67 Å². The van der Waals surface area contributed by atoms with E-state index in [1.54, 1.807) is 6.92 Å². The van der Waals surface area contributed by atoms with Crippen LogP contribution in [0, 0.1) is 0 Å². The number of ketones is 1. The molecule has 0 amide bonds. The molecular weight excluding hydrogens is 260 g/mol. The lowest BCUT2D eigenvalue weighted by Crippen LogP contribution is -2.50. The predicted molar refractivity (Wildman–Crippen MR) is 85.9 cm³/mol. The SMILES string of the molecule is CC(=O)C1=CN(C2CCCCC2)CN(C2CCCCC2)C1. The second-order valence-corrected chi connectivity index (χ2v) is 7.20. The number of carbonyl (C=O) groups excluding carboxylic acids is 1. The summed E-state index contributed by atoms with van der Waals surface area (Å²) in [5.74, 6) is 0.260. The first-order valence-corrected chi connectivity index (χ1v) is 8.95. The number of Topliss-reactive ketones (excluding diaryl/α,β-unsaturated/α-hetero) is 1. The first-order chi connectivity index (χ1) is 10.2. The van der Waals surface area contributed by atoms with E-state index in [2.05, 4.69) is 16.0 Å². The van der Waals surface area contributed by atoms with Gasteiger partial charge in [-0.1, -0.05) is 38.5 Å². The van der Waals surface area contributed by atoms with Crippen molar-refractivity contribution in [1.82, 2.24) is 9.80 Å². The minimum Gasteiger partial charge on any atom is -0.361 e. The zero-order chi connectivity index (χ0) is 14.7. The van der Waals surface area contributed by atoms with Crippen LogP contribution in [0.5, 0.6) is 0 Å². The first-order valence-electron chi connectivity index (χ1n) is 8.95. The van der Waals surface area contributed by atoms with Gasteiger partial charge in [-0.3, -0.25) is 9.69 Å². The molecule has 2 aliphatic carbocycles. The van der Waals surface area contributed by atoms with E-state index in [0.717, 1.165) is 18.8 Å². The molecule has 2 fully saturated rings. The molecule has 0 saturated heterocycles. The van der Waals surface area contributed by atoms with Crippen molar-refractivity contribution in [2.45, 2.75) is 83.2 Å². The van der Waals surface area contributed by atoms with E-state index in [-0.39, 0.29) is 5.78 Å². The average molecular weight is 290 g/mol. The fraction of sp³-hybridized carbons (Fsp3) is 0.833. The van der Waals surface area contributed by atoms with Crippen LogP contribution >= 0.6 is 0 Å². The van der Waals surface area contributed by atoms with Crippen molar-refractivity contribution in [1.29, 1.82) is 0 Å². The van der Waals surface area contributed by atoms with E-state index in [0.29, 0.717) is 12.1 Å². The number of hydrogen-bond acceptors (Lipinski definition) is 3. The third kappa shape index (κ3) is 3.68. The van der Waals surface area contributed by atoms with Crippen LogP contribution in [0.3, 0.4) is 0 Å². The largest absolute Gasteiger partial charge is 0.361 e. The molecule has 3 aliphatic rings. The van der Waals surface area contributed by atoms with Crippen LogP contribution in [0.4, 0.5) is 0 Å². The molecule has 3 nitrogen and oxygen atoms in total. The van der Waals surface area contributed by atoms with Crippen molar-refractivity contribution in [3.05, 3.63) is 11.8 Å². The summed E-state index contributed by atoms with van der Waals surface area (Å²) in [6.07, 6.45) is 15.7. The first kappa shape index (κ1) is 15.1. The fourth-order valence-corrected chi connectivity index (χ4v) is 4.29. The smallest absolute Gasteiger partial charge is 0.158 e. The third-order valence-corrected chi connectivity index (χ3v) is 5.63. The molecule has 0 N–H and O–H groups in total. The Balaban J connectivity index is 1.72. The van der Waals surface area contributed by atoms with Gasteiger partial charge in [0.15, 0.2) is 5.78 Å². The third-order valence-electron chi connectivity index (χ3n) is 5.63. The standard InChI is InChI=1S/C18H30N2O/c1-15(21)16-12-19(17-8-4-2-5-9-17)14-20(13-16)18-10-6-3-7-11-18/h12,17-18H,2-11,13-14H2,1H3. The van der Waals surface area contributed by atoms with E-state index in [4.69, 9.17) is 0 Å². The molecule has 2 saturated carbocycles. The Kier molecular flexibility index (Phi) is 4.99. The summed E-state index contributed by atoms with van der Waals surface area (Å²) in [5.41, 5.74) is 1.03. The fourth-order valence-electron chi connectivity index (χ4n) is 4.29. The number of hydrogen-bond donors (Lipinski definition) is 0. The molecule has 118 valence electrons. The summed E-state index contributed by atoms with van der Waals surface area (Å²) in [4.78, 5) is 17.0. The molecule has 0 unspecified atom stereocenters. The lowest BCUT2D eigenvalue weighted by Gasteiger charge is -2.44. The van der Waals surface area contributed by atoms with Gasteiger partial charge in [0.25, 0.3) is 0 Å². The van der Waals surface area contributed by atoms with Crippen LogP contribution in [0.25, 0.3) is 0 Å². The van der Waals surface area contributed by atoms with Gasteiger partial charge in [-0.25, -0.2) is 0 Å². The topological polar surface area (TPSA) is 23.6 Å². The summed E-state index contributed by atoms with van der Waals surface area (Å²) >= 11 is 0. The predicted octanol–water partition coefficient (Wildman–Crippen LogP) is 3.70. The lowest BCUT2D eigenvalue weighted by molar-refractivity contribution is -0.114. The Morgan fingerprint density at radius 3 is 2.10 bits per heavy atom. The molecule has 0 aromatic rings. The Hall–Kier alpha value is -0.830. The van der Waals surface area contributed by atoms with Crippen molar-refractivity contribution in [3.8, 4) is 0 Å². The summed E-state index contributed by atoms with van der Waals surface area (Å²) in [6.45, 7) is 3.66. The molecule has 0 atom stereocenters. The van der Waals surface area contributed by atoms with Crippen molar-refractivity contribution in [2.24, 2.45) is 0 Å². The molecule has 0 radical (unpaired) electrons. The molecule has 0 spiro atoms. The molecular formula is C18H30N2O. The van der Waals surface area contributed by atoms with Gasteiger partial charge < -0.3 is 4.90 Å². The van der Waals surface area contributed by atoms with E-state index in [1.807, 2.05) is 0 Å². The van der Waals surface area contributed by atoms with Crippen LogP contribution in [0.1, 0.15) is 71.1 Å². The Morgan fingerprint density at radius 1 is 0.952 bits per heavy atom. The maximum Gasteiger partial charge on any atom is 0.158 e. The monoisotopic (exact) mass is 290 g/mol. The van der Waals surface area contributed by atoms with Crippen molar-refractivity contribution in [2.75, 3.05) is 13.2 Å². The van der Waals surface area contributed by atoms with Gasteiger partial charge >= 0.3 is 0 Å². The molecule has 0 bridgehead atoms. The molecule has 3 rings (SSSR count). The Morgan fingerprint density at radius 2 is 1.52 bits per heavy atom. The zero-order valence-electron chi connectivity index (χ0n) is 13.5. The molecule has 1 heterocycles. The summed E-state index contributed by atoms with van der Waals surface area (Å²) in [5, 5.41) is 0. The van der Waals surface area contributed by atoms with E-state index in [1.165, 1.54) is 64.2 Å². The van der Waals surface area contributed by atoms with Crippen LogP contribution in [0.15, 0.2) is 11.8 Å². The normalized spacial score (nSPS) is 26.7. The zero-order valence-corrected chi connectivity index (χ0v) is 13.5. The maximum atomic E-state index is 11.9. The quantitative estimate of drug-likeness (QED) is 0.792.